The van der Waals surface area contributed by atoms with Gasteiger partial charge in [0.15, 0.2) is 0 Å². The molecule has 0 unspecified atom stereocenters. The van der Waals surface area contributed by atoms with Crippen LogP contribution in [0.1, 0.15) is 72.2 Å². The molecular weight excluding hydrogens is 835 g/mol. The second kappa shape index (κ2) is 14.4. The first-order chi connectivity index (χ1) is 33.7. The summed E-state index contributed by atoms with van der Waals surface area (Å²) < 4.78 is 7.34. The van der Waals surface area contributed by atoms with E-state index in [9.17, 15) is 0 Å². The third kappa shape index (κ3) is 5.43. The van der Waals surface area contributed by atoms with Crippen LogP contribution in [0.5, 0.6) is 0 Å². The molecule has 0 N–H and O–H groups in total. The van der Waals surface area contributed by atoms with E-state index in [2.05, 4.69) is 257 Å². The van der Waals surface area contributed by atoms with Crippen molar-refractivity contribution >= 4 is 39.0 Å². The monoisotopic (exact) mass is 883 g/mol. The van der Waals surface area contributed by atoms with Gasteiger partial charge in [0.1, 0.15) is 11.2 Å². The lowest BCUT2D eigenvalue weighted by Crippen LogP contribution is -2.28. The van der Waals surface area contributed by atoms with Crippen molar-refractivity contribution in [1.29, 1.82) is 0 Å². The van der Waals surface area contributed by atoms with Gasteiger partial charge in [-0.05, 0) is 126 Å². The van der Waals surface area contributed by atoms with Gasteiger partial charge in [-0.2, -0.15) is 0 Å². The molecule has 0 aliphatic heterocycles. The van der Waals surface area contributed by atoms with E-state index in [1.165, 1.54) is 89.0 Å². The lowest BCUT2D eigenvalue weighted by molar-refractivity contribution is 0.660. The largest absolute Gasteiger partial charge is 0.456 e. The molecule has 2 heteroatoms. The zero-order chi connectivity index (χ0) is 46.2. The van der Waals surface area contributed by atoms with Gasteiger partial charge in [0, 0.05) is 50.3 Å². The Labute approximate surface area is 403 Å². The SMILES string of the molecule is CC1(C)c2ccccc2-c2ccc(N(c3ccc4c(c3)C(C)(C)c3ccccc3-4)c3ccc4c(c3)oc3cc5c(c(-c6ccccc6)c34)-c3ccccc3C5(c3ccccc3)c3ccccc3)cc21. The van der Waals surface area contributed by atoms with Gasteiger partial charge < -0.3 is 9.32 Å². The predicted octanol–water partition coefficient (Wildman–Crippen LogP) is 17.7. The number of benzene rings is 10. The Morgan fingerprint density at radius 2 is 0.783 bits per heavy atom. The molecule has 0 bridgehead atoms. The van der Waals surface area contributed by atoms with Crippen LogP contribution in [-0.4, -0.2) is 0 Å². The standard InChI is InChI=1S/C67H49NO/c1-65(2)54-29-17-14-26-48(54)50-35-32-45(38-57(50)65)68(46-33-36-51-49-27-15-18-30-55(49)66(3,4)58(51)39-46)47-34-37-53-60(40-47)69-61-41-59-63(62(64(53)61)42-20-8-5-9-21-42)52-28-16-19-31-56(52)67(59,43-22-10-6-11-23-43)44-24-12-7-13-25-44/h5-41H,1-4H3. The van der Waals surface area contributed by atoms with Crippen molar-refractivity contribution in [3.8, 4) is 44.5 Å². The van der Waals surface area contributed by atoms with Crippen LogP contribution in [0.2, 0.25) is 0 Å². The number of anilines is 3. The first-order valence-corrected chi connectivity index (χ1v) is 24.3. The Morgan fingerprint density at radius 3 is 1.35 bits per heavy atom. The summed E-state index contributed by atoms with van der Waals surface area (Å²) in [6, 6.07) is 83.4. The molecule has 1 aromatic heterocycles. The van der Waals surface area contributed by atoms with Crippen molar-refractivity contribution in [2.24, 2.45) is 0 Å². The highest BCUT2D eigenvalue weighted by molar-refractivity contribution is 6.18. The van der Waals surface area contributed by atoms with Gasteiger partial charge >= 0.3 is 0 Å². The Hall–Kier alpha value is -8.20. The van der Waals surface area contributed by atoms with E-state index < -0.39 is 5.41 Å². The minimum absolute atomic E-state index is 0.153. The van der Waals surface area contributed by atoms with E-state index in [1.54, 1.807) is 0 Å². The van der Waals surface area contributed by atoms with Crippen LogP contribution >= 0.6 is 0 Å². The van der Waals surface area contributed by atoms with Crippen LogP contribution < -0.4 is 4.90 Å². The fraction of sp³-hybridized carbons (Fsp3) is 0.104. The molecule has 0 saturated carbocycles. The Kier molecular flexibility index (Phi) is 8.33. The van der Waals surface area contributed by atoms with Gasteiger partial charge in [0.05, 0.1) is 5.41 Å². The minimum Gasteiger partial charge on any atom is -0.456 e. The molecule has 3 aliphatic carbocycles. The topological polar surface area (TPSA) is 16.4 Å². The molecule has 1 heterocycles. The van der Waals surface area contributed by atoms with Gasteiger partial charge in [0.25, 0.3) is 0 Å². The highest BCUT2D eigenvalue weighted by Gasteiger charge is 2.48. The van der Waals surface area contributed by atoms with Crippen molar-refractivity contribution in [2.45, 2.75) is 43.9 Å². The summed E-state index contributed by atoms with van der Waals surface area (Å²) in [6.07, 6.45) is 0. The third-order valence-corrected chi connectivity index (χ3v) is 16.1. The predicted molar refractivity (Wildman–Crippen MR) is 286 cm³/mol. The van der Waals surface area contributed by atoms with Crippen molar-refractivity contribution in [1.82, 2.24) is 0 Å². The number of fused-ring (bicyclic) bond motifs is 12. The number of hydrogen-bond acceptors (Lipinski definition) is 2. The maximum Gasteiger partial charge on any atom is 0.137 e. The number of rotatable bonds is 6. The second-order valence-corrected chi connectivity index (χ2v) is 20.4. The van der Waals surface area contributed by atoms with Gasteiger partial charge in [-0.15, -0.1) is 0 Å². The third-order valence-electron chi connectivity index (χ3n) is 16.1. The van der Waals surface area contributed by atoms with Crippen molar-refractivity contribution < 1.29 is 4.42 Å². The van der Waals surface area contributed by atoms with E-state index in [4.69, 9.17) is 4.42 Å². The lowest BCUT2D eigenvalue weighted by Gasteiger charge is -2.34. The zero-order valence-electron chi connectivity index (χ0n) is 39.2. The fourth-order valence-corrected chi connectivity index (χ4v) is 13.0. The van der Waals surface area contributed by atoms with E-state index >= 15 is 0 Å². The molecule has 3 aliphatic rings. The molecular formula is C67H49NO. The van der Waals surface area contributed by atoms with Crippen LogP contribution in [0.3, 0.4) is 0 Å². The highest BCUT2D eigenvalue weighted by Crippen LogP contribution is 2.61. The van der Waals surface area contributed by atoms with Crippen LogP contribution in [0.4, 0.5) is 17.1 Å². The maximum atomic E-state index is 7.34. The molecule has 0 fully saturated rings. The molecule has 10 aromatic carbocycles. The Bertz CT molecular complexity index is 3750. The molecule has 0 amide bonds. The average Bonchev–Trinajstić information content (AvgIpc) is 4.05. The number of furan rings is 1. The molecule has 0 spiro atoms. The van der Waals surface area contributed by atoms with Crippen LogP contribution in [0.15, 0.2) is 229 Å². The molecule has 0 atom stereocenters. The van der Waals surface area contributed by atoms with Gasteiger partial charge in [-0.25, -0.2) is 0 Å². The van der Waals surface area contributed by atoms with Crippen LogP contribution in [0.25, 0.3) is 66.4 Å². The molecule has 14 rings (SSSR count). The first kappa shape index (κ1) is 39.9. The first-order valence-electron chi connectivity index (χ1n) is 24.3. The quantitative estimate of drug-likeness (QED) is 0.165. The summed E-state index contributed by atoms with van der Waals surface area (Å²) in [5.74, 6) is 0. The fourth-order valence-electron chi connectivity index (χ4n) is 13.0. The summed E-state index contributed by atoms with van der Waals surface area (Å²) in [6.45, 7) is 9.47. The minimum atomic E-state index is -0.574. The smallest absolute Gasteiger partial charge is 0.137 e. The van der Waals surface area contributed by atoms with E-state index in [0.717, 1.165) is 39.0 Å². The molecule has 2 nitrogen and oxygen atoms in total. The Morgan fingerprint density at radius 1 is 0.333 bits per heavy atom. The lowest BCUT2D eigenvalue weighted by atomic mass is 9.67. The summed E-state index contributed by atoms with van der Waals surface area (Å²) >= 11 is 0. The Balaban J connectivity index is 1.03. The molecule has 11 aromatic rings. The van der Waals surface area contributed by atoms with E-state index in [0.29, 0.717) is 0 Å². The summed E-state index contributed by atoms with van der Waals surface area (Å²) in [7, 11) is 0. The number of hydrogen-bond donors (Lipinski definition) is 0. The number of nitrogens with zero attached hydrogens (tertiary/aromatic N) is 1. The average molecular weight is 884 g/mol. The highest BCUT2D eigenvalue weighted by atomic mass is 16.3. The molecule has 69 heavy (non-hydrogen) atoms. The van der Waals surface area contributed by atoms with E-state index in [-0.39, 0.29) is 10.8 Å². The second-order valence-electron chi connectivity index (χ2n) is 20.4. The molecule has 0 saturated heterocycles. The normalized spacial score (nSPS) is 15.0. The van der Waals surface area contributed by atoms with Crippen LogP contribution in [0, 0.1) is 0 Å². The summed E-state index contributed by atoms with van der Waals surface area (Å²) in [5, 5.41) is 2.23. The zero-order valence-corrected chi connectivity index (χ0v) is 39.2. The van der Waals surface area contributed by atoms with Crippen molar-refractivity contribution in [2.75, 3.05) is 4.90 Å². The molecule has 0 radical (unpaired) electrons. The van der Waals surface area contributed by atoms with Crippen molar-refractivity contribution in [3.05, 3.63) is 269 Å². The summed E-state index contributed by atoms with van der Waals surface area (Å²) in [4.78, 5) is 2.45. The molecule has 328 valence electrons. The maximum absolute atomic E-state index is 7.34. The van der Waals surface area contributed by atoms with Gasteiger partial charge in [0.2, 0.25) is 0 Å². The van der Waals surface area contributed by atoms with E-state index in [1.807, 2.05) is 0 Å². The van der Waals surface area contributed by atoms with Crippen molar-refractivity contribution in [3.63, 3.8) is 0 Å². The van der Waals surface area contributed by atoms with Crippen LogP contribution in [-0.2, 0) is 16.2 Å². The van der Waals surface area contributed by atoms with Gasteiger partial charge in [-0.1, -0.05) is 204 Å². The van der Waals surface area contributed by atoms with Gasteiger partial charge in [-0.3, -0.25) is 0 Å². The summed E-state index contributed by atoms with van der Waals surface area (Å²) in [5.41, 5.74) is 24.7.